The van der Waals surface area contributed by atoms with E-state index in [-0.39, 0.29) is 0 Å². The van der Waals surface area contributed by atoms with Crippen LogP contribution in [0, 0.1) is 0 Å². The lowest BCUT2D eigenvalue weighted by molar-refractivity contribution is -0.132. The molecule has 0 aromatic rings. The van der Waals surface area contributed by atoms with Crippen LogP contribution in [-0.2, 0) is 4.79 Å². The lowest BCUT2D eigenvalue weighted by Gasteiger charge is -2.00. The van der Waals surface area contributed by atoms with Gasteiger partial charge in [0.2, 0.25) is 0 Å². The molecule has 0 aromatic heterocycles. The summed E-state index contributed by atoms with van der Waals surface area (Å²) in [7, 11) is 4.11. The predicted octanol–water partition coefficient (Wildman–Crippen LogP) is 2.39. The molecule has 0 rings (SSSR count). The largest absolute Gasteiger partial charge is 0.478 e. The van der Waals surface area contributed by atoms with Gasteiger partial charge in [-0.1, -0.05) is 26.8 Å². The Hall–Kier alpha value is -0.830. The fourth-order valence-corrected chi connectivity index (χ4v) is 0.497. The van der Waals surface area contributed by atoms with Crippen molar-refractivity contribution in [1.29, 1.82) is 0 Å². The number of hydrogen-bond acceptors (Lipinski definition) is 2. The van der Waals surface area contributed by atoms with Gasteiger partial charge in [-0.25, -0.2) is 4.79 Å². The molecule has 0 aromatic carbocycles. The second kappa shape index (κ2) is 10.3. The van der Waals surface area contributed by atoms with Crippen molar-refractivity contribution in [2.75, 3.05) is 20.6 Å². The van der Waals surface area contributed by atoms with E-state index in [1.165, 1.54) is 0 Å². The van der Waals surface area contributed by atoms with E-state index in [1.807, 2.05) is 6.92 Å². The van der Waals surface area contributed by atoms with Gasteiger partial charge in [-0.3, -0.25) is 0 Å². The molecule has 0 saturated heterocycles. The molecular weight excluding hydrogens is 178 g/mol. The van der Waals surface area contributed by atoms with Gasteiger partial charge in [0.25, 0.3) is 0 Å². The number of unbranched alkanes of at least 4 members (excludes halogenated alkanes) is 1. The highest BCUT2D eigenvalue weighted by molar-refractivity contribution is 5.85. The van der Waals surface area contributed by atoms with Gasteiger partial charge in [-0.05, 0) is 33.5 Å². The molecule has 14 heavy (non-hydrogen) atoms. The first kappa shape index (κ1) is 15.6. The highest BCUT2D eigenvalue weighted by atomic mass is 16.4. The highest BCUT2D eigenvalue weighted by Gasteiger charge is 2.00. The zero-order valence-corrected chi connectivity index (χ0v) is 9.84. The minimum atomic E-state index is -0.872. The number of hydrogen-bond donors (Lipinski definition) is 1. The van der Waals surface area contributed by atoms with Gasteiger partial charge in [0.1, 0.15) is 0 Å². The van der Waals surface area contributed by atoms with E-state index in [4.69, 9.17) is 5.11 Å². The van der Waals surface area contributed by atoms with E-state index in [0.717, 1.165) is 19.4 Å². The minimum Gasteiger partial charge on any atom is -0.478 e. The first-order valence-corrected chi connectivity index (χ1v) is 5.01. The second-order valence-corrected chi connectivity index (χ2v) is 3.41. The molecule has 0 aliphatic rings. The first-order chi connectivity index (χ1) is 6.45. The maximum absolute atomic E-state index is 10.1. The van der Waals surface area contributed by atoms with E-state index in [2.05, 4.69) is 32.5 Å². The summed E-state index contributed by atoms with van der Waals surface area (Å²) in [5, 5.41) is 8.31. The Bertz CT molecular complexity index is 165. The molecule has 0 spiro atoms. The highest BCUT2D eigenvalue weighted by Crippen LogP contribution is 2.03. The van der Waals surface area contributed by atoms with Gasteiger partial charge in [0.15, 0.2) is 0 Å². The minimum absolute atomic E-state index is 0.317. The summed E-state index contributed by atoms with van der Waals surface area (Å²) in [4.78, 5) is 12.2. The number of nitrogens with zero attached hydrogens (tertiary/aromatic N) is 1. The Balaban J connectivity index is 0. The molecule has 0 saturated carbocycles. The van der Waals surface area contributed by atoms with Crippen LogP contribution in [0.1, 0.15) is 33.1 Å². The fourth-order valence-electron chi connectivity index (χ4n) is 0.497. The maximum Gasteiger partial charge on any atom is 0.330 e. The third kappa shape index (κ3) is 13.7. The summed E-state index contributed by atoms with van der Waals surface area (Å²) in [6.45, 7) is 8.68. The van der Waals surface area contributed by atoms with Gasteiger partial charge < -0.3 is 10.0 Å². The van der Waals surface area contributed by atoms with Gasteiger partial charge in [0, 0.05) is 5.57 Å². The summed E-state index contributed by atoms with van der Waals surface area (Å²) in [6.07, 6.45) is 2.56. The van der Waals surface area contributed by atoms with Crippen LogP contribution in [0.25, 0.3) is 0 Å². The topological polar surface area (TPSA) is 40.5 Å². The monoisotopic (exact) mass is 201 g/mol. The molecule has 0 heterocycles. The molecule has 0 bridgehead atoms. The van der Waals surface area contributed by atoms with Crippen molar-refractivity contribution >= 4 is 5.97 Å². The third-order valence-corrected chi connectivity index (χ3v) is 1.77. The number of carbonyl (C=O) groups is 1. The summed E-state index contributed by atoms with van der Waals surface area (Å²) < 4.78 is 0. The van der Waals surface area contributed by atoms with E-state index in [1.54, 1.807) is 0 Å². The van der Waals surface area contributed by atoms with E-state index < -0.39 is 5.97 Å². The second-order valence-electron chi connectivity index (χ2n) is 3.41. The van der Waals surface area contributed by atoms with Gasteiger partial charge in [0.05, 0.1) is 0 Å². The molecule has 3 nitrogen and oxygen atoms in total. The normalized spacial score (nSPS) is 9.21. The van der Waals surface area contributed by atoms with Crippen molar-refractivity contribution in [3.8, 4) is 0 Å². The SMILES string of the molecule is C=C(CCCC)C(=O)O.CCN(C)C. The van der Waals surface area contributed by atoms with Crippen LogP contribution in [0.15, 0.2) is 12.2 Å². The molecule has 1 N–H and O–H groups in total. The molecule has 0 aliphatic carbocycles. The van der Waals surface area contributed by atoms with Crippen LogP contribution in [-0.4, -0.2) is 36.6 Å². The predicted molar refractivity (Wildman–Crippen MR) is 60.5 cm³/mol. The van der Waals surface area contributed by atoms with Crippen LogP contribution in [0.4, 0.5) is 0 Å². The summed E-state index contributed by atoms with van der Waals surface area (Å²) in [5.74, 6) is -0.872. The molecule has 0 amide bonds. The van der Waals surface area contributed by atoms with Gasteiger partial charge >= 0.3 is 5.97 Å². The van der Waals surface area contributed by atoms with Crippen molar-refractivity contribution in [2.45, 2.75) is 33.1 Å². The summed E-state index contributed by atoms with van der Waals surface area (Å²) in [5.41, 5.74) is 0.317. The fraction of sp³-hybridized carbons (Fsp3) is 0.727. The third-order valence-electron chi connectivity index (χ3n) is 1.77. The summed E-state index contributed by atoms with van der Waals surface area (Å²) in [6, 6.07) is 0. The standard InChI is InChI=1S/C7H12O2.C4H11N/c1-3-4-5-6(2)7(8)9;1-4-5(2)3/h2-5H2,1H3,(H,8,9);4H2,1-3H3. The van der Waals surface area contributed by atoms with Crippen LogP contribution < -0.4 is 0 Å². The molecule has 0 atom stereocenters. The number of carboxylic acids is 1. The smallest absolute Gasteiger partial charge is 0.330 e. The zero-order valence-electron chi connectivity index (χ0n) is 9.84. The van der Waals surface area contributed by atoms with Crippen LogP contribution in [0.5, 0.6) is 0 Å². The molecule has 0 aliphatic heterocycles. The van der Waals surface area contributed by atoms with Crippen molar-refractivity contribution in [1.82, 2.24) is 4.90 Å². The van der Waals surface area contributed by atoms with Gasteiger partial charge in [-0.2, -0.15) is 0 Å². The Morgan fingerprint density at radius 2 is 1.79 bits per heavy atom. The van der Waals surface area contributed by atoms with Crippen LogP contribution in [0.3, 0.4) is 0 Å². The Morgan fingerprint density at radius 1 is 1.36 bits per heavy atom. The lowest BCUT2D eigenvalue weighted by atomic mass is 10.1. The zero-order chi connectivity index (χ0) is 11.6. The quantitative estimate of drug-likeness (QED) is 0.694. The molecular formula is C11H23NO2. The lowest BCUT2D eigenvalue weighted by Crippen LogP contribution is -2.08. The van der Waals surface area contributed by atoms with E-state index in [9.17, 15) is 4.79 Å². The average molecular weight is 201 g/mol. The Morgan fingerprint density at radius 3 is 2.00 bits per heavy atom. The number of rotatable bonds is 5. The van der Waals surface area contributed by atoms with E-state index >= 15 is 0 Å². The van der Waals surface area contributed by atoms with Crippen molar-refractivity contribution in [3.63, 3.8) is 0 Å². The Kier molecular flexibility index (Phi) is 11.4. The molecule has 0 fully saturated rings. The van der Waals surface area contributed by atoms with Crippen LogP contribution >= 0.6 is 0 Å². The average Bonchev–Trinajstić information content (AvgIpc) is 2.14. The molecule has 3 heteroatoms. The first-order valence-electron chi connectivity index (χ1n) is 5.01. The maximum atomic E-state index is 10.1. The van der Waals surface area contributed by atoms with Crippen molar-refractivity contribution in [2.24, 2.45) is 0 Å². The number of aliphatic carboxylic acids is 1. The molecule has 0 unspecified atom stereocenters. The molecule has 0 radical (unpaired) electrons. The number of carboxylic acid groups (broad SMARTS) is 1. The van der Waals surface area contributed by atoms with Gasteiger partial charge in [-0.15, -0.1) is 0 Å². The summed E-state index contributed by atoms with van der Waals surface area (Å²) >= 11 is 0. The Labute approximate surface area is 87.4 Å². The van der Waals surface area contributed by atoms with Crippen molar-refractivity contribution < 1.29 is 9.90 Å². The van der Waals surface area contributed by atoms with E-state index in [0.29, 0.717) is 12.0 Å². The van der Waals surface area contributed by atoms with Crippen LogP contribution in [0.2, 0.25) is 0 Å². The molecule has 84 valence electrons. The van der Waals surface area contributed by atoms with Crippen molar-refractivity contribution in [3.05, 3.63) is 12.2 Å².